The molecule has 2 rings (SSSR count). The maximum Gasteiger partial charge on any atom is 0.255 e. The minimum atomic E-state index is -2.38. The third-order valence-electron chi connectivity index (χ3n) is 3.53. The van der Waals surface area contributed by atoms with Gasteiger partial charge in [-0.1, -0.05) is 28.1 Å². The number of alkyl halides is 2. The van der Waals surface area contributed by atoms with Gasteiger partial charge in [-0.3, -0.25) is 4.99 Å². The predicted octanol–water partition coefficient (Wildman–Crippen LogP) is 2.91. The van der Waals surface area contributed by atoms with E-state index in [-0.39, 0.29) is 12.0 Å². The van der Waals surface area contributed by atoms with Gasteiger partial charge < -0.3 is 10.6 Å². The zero-order chi connectivity index (χ0) is 14.6. The molecule has 1 aromatic carbocycles. The summed E-state index contributed by atoms with van der Waals surface area (Å²) in [4.78, 5) is 3.95. The van der Waals surface area contributed by atoms with Gasteiger partial charge in [0.25, 0.3) is 6.43 Å². The van der Waals surface area contributed by atoms with Crippen molar-refractivity contribution in [2.45, 2.75) is 24.7 Å². The van der Waals surface area contributed by atoms with E-state index in [1.807, 2.05) is 12.1 Å². The largest absolute Gasteiger partial charge is 0.356 e. The number of benzene rings is 1. The lowest BCUT2D eigenvalue weighted by molar-refractivity contribution is 0.152. The van der Waals surface area contributed by atoms with Gasteiger partial charge in [0.2, 0.25) is 0 Å². The summed E-state index contributed by atoms with van der Waals surface area (Å²) in [5.41, 5.74) is 1.37. The van der Waals surface area contributed by atoms with E-state index < -0.39 is 6.43 Å². The maximum absolute atomic E-state index is 12.2. The van der Waals surface area contributed by atoms with Crippen molar-refractivity contribution in [2.75, 3.05) is 20.1 Å². The highest BCUT2D eigenvalue weighted by atomic mass is 79.9. The lowest BCUT2D eigenvalue weighted by atomic mass is 9.96. The number of aliphatic imine (C=N–C) groups is 1. The molecule has 20 heavy (non-hydrogen) atoms. The molecule has 0 aromatic heterocycles. The van der Waals surface area contributed by atoms with Gasteiger partial charge >= 0.3 is 0 Å². The third kappa shape index (κ3) is 3.91. The molecule has 1 aliphatic carbocycles. The first-order valence-corrected chi connectivity index (χ1v) is 7.34. The van der Waals surface area contributed by atoms with E-state index in [0.717, 1.165) is 17.3 Å². The van der Waals surface area contributed by atoms with Crippen molar-refractivity contribution in [3.05, 3.63) is 34.3 Å². The Morgan fingerprint density at radius 1 is 1.40 bits per heavy atom. The Morgan fingerprint density at radius 2 is 2.15 bits per heavy atom. The van der Waals surface area contributed by atoms with Crippen LogP contribution >= 0.6 is 15.9 Å². The lowest BCUT2D eigenvalue weighted by Gasteiger charge is -2.19. The van der Waals surface area contributed by atoms with Crippen LogP contribution < -0.4 is 10.6 Å². The summed E-state index contributed by atoms with van der Waals surface area (Å²) in [5, 5.41) is 5.75. The first kappa shape index (κ1) is 15.2. The Morgan fingerprint density at radius 3 is 2.70 bits per heavy atom. The molecule has 0 unspecified atom stereocenters. The summed E-state index contributed by atoms with van der Waals surface area (Å²) < 4.78 is 25.4. The molecule has 1 aliphatic rings. The second kappa shape index (κ2) is 6.52. The summed E-state index contributed by atoms with van der Waals surface area (Å²) in [6.07, 6.45) is -0.182. The number of hydrogen-bond acceptors (Lipinski definition) is 1. The van der Waals surface area contributed by atoms with Crippen LogP contribution in [0.3, 0.4) is 0 Å². The van der Waals surface area contributed by atoms with Gasteiger partial charge in [0, 0.05) is 23.5 Å². The minimum Gasteiger partial charge on any atom is -0.356 e. The summed E-state index contributed by atoms with van der Waals surface area (Å²) in [6.45, 7) is 0.315. The fourth-order valence-corrected chi connectivity index (χ4v) is 2.58. The van der Waals surface area contributed by atoms with Crippen molar-refractivity contribution in [1.29, 1.82) is 0 Å². The van der Waals surface area contributed by atoms with Gasteiger partial charge in [-0.25, -0.2) is 8.78 Å². The van der Waals surface area contributed by atoms with Crippen LogP contribution in [0.15, 0.2) is 33.7 Å². The molecule has 1 fully saturated rings. The van der Waals surface area contributed by atoms with Crippen molar-refractivity contribution >= 4 is 21.9 Å². The Kier molecular flexibility index (Phi) is 4.96. The van der Waals surface area contributed by atoms with Gasteiger partial charge in [0.05, 0.1) is 6.54 Å². The number of nitrogens with zero attached hydrogens (tertiary/aromatic N) is 1. The molecule has 0 aliphatic heterocycles. The van der Waals surface area contributed by atoms with Crippen LogP contribution in [0.1, 0.15) is 18.4 Å². The Bertz CT molecular complexity index is 487. The van der Waals surface area contributed by atoms with E-state index in [1.54, 1.807) is 7.05 Å². The number of hydrogen-bond donors (Lipinski definition) is 2. The fourth-order valence-electron chi connectivity index (χ4n) is 2.18. The summed E-state index contributed by atoms with van der Waals surface area (Å²) >= 11 is 3.48. The molecule has 0 atom stereocenters. The minimum absolute atomic E-state index is 0.103. The van der Waals surface area contributed by atoms with Crippen molar-refractivity contribution in [3.8, 4) is 0 Å². The molecule has 0 radical (unpaired) electrons. The summed E-state index contributed by atoms with van der Waals surface area (Å²) in [6, 6.07) is 8.23. The monoisotopic (exact) mass is 345 g/mol. The fraction of sp³-hybridized carbons (Fsp3) is 0.500. The van der Waals surface area contributed by atoms with Crippen LogP contribution in [-0.4, -0.2) is 32.5 Å². The lowest BCUT2D eigenvalue weighted by Crippen LogP contribution is -2.42. The van der Waals surface area contributed by atoms with Crippen molar-refractivity contribution in [1.82, 2.24) is 10.6 Å². The summed E-state index contributed by atoms with van der Waals surface area (Å²) in [5.74, 6) is 0.423. The quantitative estimate of drug-likeness (QED) is 0.635. The van der Waals surface area contributed by atoms with E-state index in [9.17, 15) is 8.78 Å². The first-order chi connectivity index (χ1) is 9.55. The molecular weight excluding hydrogens is 328 g/mol. The first-order valence-electron chi connectivity index (χ1n) is 6.54. The van der Waals surface area contributed by atoms with Gasteiger partial charge in [-0.15, -0.1) is 0 Å². The molecular formula is C14H18BrF2N3. The molecule has 0 spiro atoms. The van der Waals surface area contributed by atoms with Crippen LogP contribution in [0, 0.1) is 0 Å². The third-order valence-corrected chi connectivity index (χ3v) is 4.03. The molecule has 3 nitrogen and oxygen atoms in total. The highest BCUT2D eigenvalue weighted by Crippen LogP contribution is 2.48. The van der Waals surface area contributed by atoms with Crippen LogP contribution in [0.5, 0.6) is 0 Å². The zero-order valence-electron chi connectivity index (χ0n) is 11.3. The van der Waals surface area contributed by atoms with E-state index in [1.165, 1.54) is 5.56 Å². The SMILES string of the molecule is CN=C(NCC(F)F)NCC1(c2cccc(Br)c2)CC1. The average Bonchev–Trinajstić information content (AvgIpc) is 3.20. The molecule has 0 saturated heterocycles. The Balaban J connectivity index is 1.93. The molecule has 1 aromatic rings. The number of rotatable bonds is 5. The molecule has 0 bridgehead atoms. The normalized spacial score (nSPS) is 17.1. The molecule has 1 saturated carbocycles. The Hall–Kier alpha value is -1.17. The van der Waals surface area contributed by atoms with Crippen molar-refractivity contribution in [2.24, 2.45) is 4.99 Å². The van der Waals surface area contributed by atoms with Gasteiger partial charge in [-0.05, 0) is 30.5 Å². The van der Waals surface area contributed by atoms with Crippen molar-refractivity contribution in [3.63, 3.8) is 0 Å². The predicted molar refractivity (Wildman–Crippen MR) is 80.4 cm³/mol. The van der Waals surface area contributed by atoms with E-state index in [2.05, 4.69) is 43.7 Å². The molecule has 2 N–H and O–H groups in total. The zero-order valence-corrected chi connectivity index (χ0v) is 12.9. The Labute approximate surface area is 126 Å². The second-order valence-electron chi connectivity index (χ2n) is 4.99. The van der Waals surface area contributed by atoms with E-state index in [4.69, 9.17) is 0 Å². The smallest absolute Gasteiger partial charge is 0.255 e. The summed E-state index contributed by atoms with van der Waals surface area (Å²) in [7, 11) is 1.58. The van der Waals surface area contributed by atoms with E-state index >= 15 is 0 Å². The topological polar surface area (TPSA) is 36.4 Å². The highest BCUT2D eigenvalue weighted by Gasteiger charge is 2.44. The number of guanidine groups is 1. The number of halogens is 3. The maximum atomic E-state index is 12.2. The molecule has 0 heterocycles. The van der Waals surface area contributed by atoms with Crippen LogP contribution in [0.4, 0.5) is 8.78 Å². The molecule has 110 valence electrons. The van der Waals surface area contributed by atoms with E-state index in [0.29, 0.717) is 12.5 Å². The number of nitrogens with one attached hydrogen (secondary N) is 2. The second-order valence-corrected chi connectivity index (χ2v) is 5.90. The van der Waals surface area contributed by atoms with Gasteiger partial charge in [-0.2, -0.15) is 0 Å². The highest BCUT2D eigenvalue weighted by molar-refractivity contribution is 9.10. The van der Waals surface area contributed by atoms with Crippen LogP contribution in [0.25, 0.3) is 0 Å². The van der Waals surface area contributed by atoms with Crippen LogP contribution in [-0.2, 0) is 5.41 Å². The standard InChI is InChI=1S/C14H18BrF2N3/c1-18-13(19-8-12(16)17)20-9-14(5-6-14)10-3-2-4-11(15)7-10/h2-4,7,12H,5-6,8-9H2,1H3,(H2,18,19,20). The molecule has 0 amide bonds. The van der Waals surface area contributed by atoms with Crippen LogP contribution in [0.2, 0.25) is 0 Å². The molecule has 6 heteroatoms. The average molecular weight is 346 g/mol. The van der Waals surface area contributed by atoms with Gasteiger partial charge in [0.1, 0.15) is 0 Å². The van der Waals surface area contributed by atoms with Gasteiger partial charge in [0.15, 0.2) is 5.96 Å². The van der Waals surface area contributed by atoms with Crippen molar-refractivity contribution < 1.29 is 8.78 Å².